The lowest BCUT2D eigenvalue weighted by Crippen LogP contribution is -2.27. The summed E-state index contributed by atoms with van der Waals surface area (Å²) in [6.45, 7) is 1.97. The molecule has 0 saturated heterocycles. The first-order chi connectivity index (χ1) is 10.2. The number of hydrogen-bond donors (Lipinski definition) is 0. The van der Waals surface area contributed by atoms with Crippen LogP contribution >= 0.6 is 0 Å². The Labute approximate surface area is 123 Å². The topological polar surface area (TPSA) is 63.9 Å². The third kappa shape index (κ3) is 2.53. The van der Waals surface area contributed by atoms with Gasteiger partial charge in [-0.05, 0) is 25.8 Å². The molecule has 3 rings (SSSR count). The van der Waals surface area contributed by atoms with Crippen LogP contribution in [0.2, 0.25) is 0 Å². The van der Waals surface area contributed by atoms with Crippen LogP contribution in [0.5, 0.6) is 0 Å². The van der Waals surface area contributed by atoms with Gasteiger partial charge in [-0.2, -0.15) is 15.3 Å². The van der Waals surface area contributed by atoms with E-state index in [-0.39, 0.29) is 5.91 Å². The number of hydrogen-bond acceptors (Lipinski definition) is 4. The number of nitrogens with zero attached hydrogens (tertiary/aromatic N) is 5. The number of carbonyl (C=O) groups excluding carboxylic acids is 1. The van der Waals surface area contributed by atoms with Crippen molar-refractivity contribution in [2.24, 2.45) is 0 Å². The van der Waals surface area contributed by atoms with Crippen molar-refractivity contribution >= 4 is 11.6 Å². The summed E-state index contributed by atoms with van der Waals surface area (Å²) in [5.74, 6) is -0.0650. The summed E-state index contributed by atoms with van der Waals surface area (Å²) in [5, 5.41) is 12.0. The Morgan fingerprint density at radius 2 is 2.05 bits per heavy atom. The zero-order valence-corrected chi connectivity index (χ0v) is 12.4. The fraction of sp³-hybridized carbons (Fsp3) is 0.467. The minimum Gasteiger partial charge on any atom is -0.310 e. The Morgan fingerprint density at radius 1 is 1.29 bits per heavy atom. The summed E-state index contributed by atoms with van der Waals surface area (Å²) in [6, 6.07) is 2.21. The minimum absolute atomic E-state index is 0.0650. The summed E-state index contributed by atoms with van der Waals surface area (Å²) in [6.07, 6.45) is 9.63. The second kappa shape index (κ2) is 5.63. The van der Waals surface area contributed by atoms with Gasteiger partial charge in [0.1, 0.15) is 0 Å². The van der Waals surface area contributed by atoms with E-state index in [1.165, 1.54) is 12.8 Å². The van der Waals surface area contributed by atoms with Crippen LogP contribution < -0.4 is 4.90 Å². The van der Waals surface area contributed by atoms with Crippen LogP contribution in [0.4, 0.5) is 5.69 Å². The van der Waals surface area contributed by atoms with Crippen LogP contribution in [0.25, 0.3) is 0 Å². The number of rotatable bonds is 3. The first-order valence-corrected chi connectivity index (χ1v) is 7.27. The molecule has 1 aliphatic carbocycles. The Bertz CT molecular complexity index is 631. The van der Waals surface area contributed by atoms with Crippen LogP contribution in [0.3, 0.4) is 0 Å². The maximum Gasteiger partial charge on any atom is 0.261 e. The van der Waals surface area contributed by atoms with E-state index in [1.54, 1.807) is 36.6 Å². The predicted octanol–water partition coefficient (Wildman–Crippen LogP) is 2.37. The van der Waals surface area contributed by atoms with Crippen molar-refractivity contribution in [2.45, 2.75) is 38.6 Å². The molecule has 2 heterocycles. The Kier molecular flexibility index (Phi) is 3.68. The molecule has 1 fully saturated rings. The molecule has 1 saturated carbocycles. The fourth-order valence-electron chi connectivity index (χ4n) is 2.93. The van der Waals surface area contributed by atoms with E-state index in [2.05, 4.69) is 15.3 Å². The van der Waals surface area contributed by atoms with Crippen molar-refractivity contribution in [3.8, 4) is 0 Å². The average molecular weight is 285 g/mol. The molecule has 2 aromatic rings. The average Bonchev–Trinajstić information content (AvgIpc) is 3.16. The highest BCUT2D eigenvalue weighted by atomic mass is 16.2. The number of amides is 1. The first kappa shape index (κ1) is 13.7. The van der Waals surface area contributed by atoms with Gasteiger partial charge in [-0.3, -0.25) is 9.48 Å². The van der Waals surface area contributed by atoms with E-state index in [0.29, 0.717) is 11.6 Å². The van der Waals surface area contributed by atoms with Crippen molar-refractivity contribution in [3.63, 3.8) is 0 Å². The van der Waals surface area contributed by atoms with E-state index in [0.717, 1.165) is 24.2 Å². The van der Waals surface area contributed by atoms with E-state index >= 15 is 0 Å². The van der Waals surface area contributed by atoms with Crippen molar-refractivity contribution in [2.75, 3.05) is 11.9 Å². The van der Waals surface area contributed by atoms with Gasteiger partial charge in [-0.15, -0.1) is 0 Å². The second-order valence-electron chi connectivity index (χ2n) is 5.49. The quantitative estimate of drug-likeness (QED) is 0.868. The maximum absolute atomic E-state index is 12.6. The molecule has 0 unspecified atom stereocenters. The molecule has 21 heavy (non-hydrogen) atoms. The summed E-state index contributed by atoms with van der Waals surface area (Å²) >= 11 is 0. The molecule has 6 nitrogen and oxygen atoms in total. The van der Waals surface area contributed by atoms with E-state index in [1.807, 2.05) is 11.6 Å². The highest BCUT2D eigenvalue weighted by Gasteiger charge is 2.24. The zero-order chi connectivity index (χ0) is 14.8. The van der Waals surface area contributed by atoms with Gasteiger partial charge in [0.05, 0.1) is 35.9 Å². The molecule has 1 aliphatic rings. The smallest absolute Gasteiger partial charge is 0.261 e. The molecule has 0 radical (unpaired) electrons. The molecule has 0 aromatic carbocycles. The zero-order valence-electron chi connectivity index (χ0n) is 12.4. The largest absolute Gasteiger partial charge is 0.310 e. The van der Waals surface area contributed by atoms with E-state index in [4.69, 9.17) is 0 Å². The third-order valence-corrected chi connectivity index (χ3v) is 4.21. The van der Waals surface area contributed by atoms with Gasteiger partial charge in [0.25, 0.3) is 5.91 Å². The van der Waals surface area contributed by atoms with Crippen LogP contribution in [-0.2, 0) is 0 Å². The Morgan fingerprint density at radius 3 is 2.71 bits per heavy atom. The number of anilines is 1. The van der Waals surface area contributed by atoms with E-state index in [9.17, 15) is 4.79 Å². The van der Waals surface area contributed by atoms with Gasteiger partial charge < -0.3 is 4.90 Å². The Balaban J connectivity index is 1.85. The number of aromatic nitrogens is 4. The van der Waals surface area contributed by atoms with Crippen molar-refractivity contribution in [3.05, 3.63) is 35.9 Å². The molecular weight excluding hydrogens is 266 g/mol. The number of carbonyl (C=O) groups is 1. The van der Waals surface area contributed by atoms with Crippen LogP contribution in [0, 0.1) is 6.92 Å². The molecule has 2 aromatic heterocycles. The highest BCUT2D eigenvalue weighted by molar-refractivity contribution is 6.06. The third-order valence-electron chi connectivity index (χ3n) is 4.21. The van der Waals surface area contributed by atoms with E-state index < -0.39 is 0 Å². The lowest BCUT2D eigenvalue weighted by Gasteiger charge is -2.17. The molecule has 6 heteroatoms. The monoisotopic (exact) mass is 285 g/mol. The van der Waals surface area contributed by atoms with Crippen LogP contribution in [0.15, 0.2) is 24.7 Å². The maximum atomic E-state index is 12.6. The highest BCUT2D eigenvalue weighted by Crippen LogP contribution is 2.30. The summed E-state index contributed by atoms with van der Waals surface area (Å²) < 4.78 is 2.01. The minimum atomic E-state index is -0.0650. The van der Waals surface area contributed by atoms with Crippen molar-refractivity contribution < 1.29 is 4.79 Å². The molecule has 0 N–H and O–H groups in total. The summed E-state index contributed by atoms with van der Waals surface area (Å²) in [5.41, 5.74) is 2.32. The second-order valence-corrected chi connectivity index (χ2v) is 5.49. The molecule has 110 valence electrons. The van der Waals surface area contributed by atoms with Gasteiger partial charge in [-0.25, -0.2) is 0 Å². The lowest BCUT2D eigenvalue weighted by atomic mass is 10.2. The van der Waals surface area contributed by atoms with Gasteiger partial charge in [-0.1, -0.05) is 12.8 Å². The van der Waals surface area contributed by atoms with Crippen molar-refractivity contribution in [1.29, 1.82) is 0 Å². The van der Waals surface area contributed by atoms with Gasteiger partial charge in [0.15, 0.2) is 0 Å². The lowest BCUT2D eigenvalue weighted by molar-refractivity contribution is 0.0992. The fourth-order valence-corrected chi connectivity index (χ4v) is 2.93. The molecule has 0 atom stereocenters. The van der Waals surface area contributed by atoms with Gasteiger partial charge >= 0.3 is 0 Å². The van der Waals surface area contributed by atoms with Gasteiger partial charge in [0.2, 0.25) is 0 Å². The SMILES string of the molecule is Cc1c(C(=O)N(C)c2ccnnc2)cnn1C1CCCC1. The summed E-state index contributed by atoms with van der Waals surface area (Å²) in [7, 11) is 1.74. The first-order valence-electron chi connectivity index (χ1n) is 7.27. The molecule has 1 amide bonds. The standard InChI is InChI=1S/C15H19N5O/c1-11-14(10-18-20(11)12-5-3-4-6-12)15(21)19(2)13-7-8-16-17-9-13/h7-10,12H,3-6H2,1-2H3. The van der Waals surface area contributed by atoms with Gasteiger partial charge in [0, 0.05) is 12.7 Å². The Hall–Kier alpha value is -2.24. The van der Waals surface area contributed by atoms with Crippen LogP contribution in [-0.4, -0.2) is 32.9 Å². The molecule has 0 aliphatic heterocycles. The van der Waals surface area contributed by atoms with Crippen LogP contribution in [0.1, 0.15) is 47.8 Å². The molecular formula is C15H19N5O. The molecule has 0 bridgehead atoms. The molecule has 0 spiro atoms. The van der Waals surface area contributed by atoms with Crippen molar-refractivity contribution in [1.82, 2.24) is 20.0 Å². The predicted molar refractivity (Wildman–Crippen MR) is 79.2 cm³/mol. The summed E-state index contributed by atoms with van der Waals surface area (Å²) in [4.78, 5) is 14.2. The normalized spacial score (nSPS) is 15.3.